The van der Waals surface area contributed by atoms with Gasteiger partial charge in [0.2, 0.25) is 0 Å². The molecule has 33 heavy (non-hydrogen) atoms. The van der Waals surface area contributed by atoms with Gasteiger partial charge in [-0.1, -0.05) is 0 Å². The zero-order valence-electron chi connectivity index (χ0n) is 18.1. The Morgan fingerprint density at radius 2 is 1.67 bits per heavy atom. The second kappa shape index (κ2) is 9.01. The molecule has 0 spiro atoms. The molecule has 184 valence electrons. The number of alkyl halides is 3. The summed E-state index contributed by atoms with van der Waals surface area (Å²) in [6.07, 6.45) is -2.01. The number of fused-ring (bicyclic) bond motifs is 1. The molecule has 2 aromatic rings. The lowest BCUT2D eigenvalue weighted by molar-refractivity contribution is -0.167. The van der Waals surface area contributed by atoms with Crippen LogP contribution in [0.1, 0.15) is 44.9 Å². The second-order valence-electron chi connectivity index (χ2n) is 7.84. The Labute approximate surface area is 185 Å². The van der Waals surface area contributed by atoms with E-state index in [1.807, 2.05) is 0 Å². The molecule has 6 nitrogen and oxygen atoms in total. The molecule has 2 aromatic carbocycles. The van der Waals surface area contributed by atoms with Crippen molar-refractivity contribution in [3.05, 3.63) is 40.7 Å². The highest BCUT2D eigenvalue weighted by atomic mass is 32.2. The van der Waals surface area contributed by atoms with Crippen LogP contribution in [0.2, 0.25) is 0 Å². The molecule has 0 aliphatic heterocycles. The normalized spacial score (nSPS) is 13.8. The lowest BCUT2D eigenvalue weighted by atomic mass is 9.94. The minimum absolute atomic E-state index is 0.224. The van der Waals surface area contributed by atoms with Gasteiger partial charge in [-0.2, -0.15) is 21.6 Å². The van der Waals surface area contributed by atoms with Crippen molar-refractivity contribution in [1.82, 2.24) is 0 Å². The maximum absolute atomic E-state index is 15.1. The molecule has 0 saturated heterocycles. The lowest BCUT2D eigenvalue weighted by Crippen LogP contribution is -2.32. The first kappa shape index (κ1) is 26.7. The van der Waals surface area contributed by atoms with Crippen molar-refractivity contribution in [2.75, 3.05) is 6.61 Å². The third-order valence-corrected chi connectivity index (χ3v) is 5.16. The van der Waals surface area contributed by atoms with E-state index in [1.54, 1.807) is 0 Å². The van der Waals surface area contributed by atoms with Crippen molar-refractivity contribution < 1.29 is 53.2 Å². The number of hydrogen-bond donors (Lipinski definition) is 0. The Morgan fingerprint density at radius 1 is 1.09 bits per heavy atom. The fourth-order valence-corrected chi connectivity index (χ4v) is 3.45. The van der Waals surface area contributed by atoms with Crippen LogP contribution in [0.4, 0.5) is 26.3 Å². The van der Waals surface area contributed by atoms with Crippen LogP contribution in [-0.4, -0.2) is 32.1 Å². The van der Waals surface area contributed by atoms with Crippen molar-refractivity contribution in [3.8, 4) is 5.75 Å². The molecule has 0 aliphatic rings. The highest BCUT2D eigenvalue weighted by Gasteiger charge is 2.50. The van der Waals surface area contributed by atoms with Gasteiger partial charge in [-0.05, 0) is 46.2 Å². The van der Waals surface area contributed by atoms with E-state index >= 15 is 4.39 Å². The highest BCUT2D eigenvalue weighted by molar-refractivity contribution is 7.88. The fraction of sp³-hybridized carbons (Fsp3) is 0.450. The monoisotopic (exact) mass is 502 g/mol. The summed E-state index contributed by atoms with van der Waals surface area (Å²) in [5, 5.41) is -2.03. The van der Waals surface area contributed by atoms with Gasteiger partial charge in [0.25, 0.3) is 0 Å². The largest absolute Gasteiger partial charge is 0.534 e. The summed E-state index contributed by atoms with van der Waals surface area (Å²) in [4.78, 5) is 12.6. The summed E-state index contributed by atoms with van der Waals surface area (Å²) in [5.74, 6) is -6.83. The highest BCUT2D eigenvalue weighted by Crippen LogP contribution is 2.44. The number of rotatable bonds is 6. The number of hydrogen-bond acceptors (Lipinski definition) is 6. The predicted molar refractivity (Wildman–Crippen MR) is 104 cm³/mol. The molecule has 0 radical (unpaired) electrons. The minimum atomic E-state index is -6.41. The molecule has 0 aromatic heterocycles. The maximum Gasteiger partial charge on any atom is 0.534 e. The van der Waals surface area contributed by atoms with E-state index in [0.717, 1.165) is 6.92 Å². The molecule has 2 rings (SSSR count). The van der Waals surface area contributed by atoms with Gasteiger partial charge in [-0.25, -0.2) is 18.0 Å². The van der Waals surface area contributed by atoms with Crippen molar-refractivity contribution >= 4 is 26.9 Å². The molecule has 0 bridgehead atoms. The van der Waals surface area contributed by atoms with Gasteiger partial charge in [0.05, 0.1) is 17.6 Å². The van der Waals surface area contributed by atoms with E-state index in [9.17, 15) is 35.2 Å². The van der Waals surface area contributed by atoms with E-state index in [1.165, 1.54) is 27.7 Å². The van der Waals surface area contributed by atoms with Crippen molar-refractivity contribution in [1.29, 1.82) is 0 Å². The average Bonchev–Trinajstić information content (AvgIpc) is 2.62. The Kier molecular flexibility index (Phi) is 7.29. The molecule has 13 heteroatoms. The van der Waals surface area contributed by atoms with E-state index in [0.29, 0.717) is 6.07 Å². The van der Waals surface area contributed by atoms with Crippen molar-refractivity contribution in [2.24, 2.45) is 0 Å². The summed E-state index contributed by atoms with van der Waals surface area (Å²) in [6, 6.07) is 0.631. The first-order chi connectivity index (χ1) is 14.9. The summed E-state index contributed by atoms with van der Waals surface area (Å²) in [7, 11) is -6.41. The Hall–Kier alpha value is -2.54. The Balaban J connectivity index is 3.06. The topological polar surface area (TPSA) is 78.9 Å². The molecule has 0 N–H and O–H groups in total. The van der Waals surface area contributed by atoms with E-state index < -0.39 is 78.4 Å². The number of ether oxygens (including phenoxy) is 2. The number of benzene rings is 2. The van der Waals surface area contributed by atoms with Gasteiger partial charge in [0.15, 0.2) is 11.9 Å². The van der Waals surface area contributed by atoms with Gasteiger partial charge in [-0.3, -0.25) is 0 Å². The third kappa shape index (κ3) is 5.52. The van der Waals surface area contributed by atoms with Gasteiger partial charge < -0.3 is 13.7 Å². The standard InChI is InChI=1S/C20H20F6O6S/c1-6-30-18(27)17(31-19(3,4)5)13-9(2)15(23)14-11(7-10(21)8-12(14)22)16(13)32-33(28,29)20(24,25)26/h7-8,17H,6H2,1-5H3. The van der Waals surface area contributed by atoms with Crippen LogP contribution >= 0.6 is 0 Å². The number of esters is 1. The van der Waals surface area contributed by atoms with Gasteiger partial charge in [-0.15, -0.1) is 0 Å². The number of halogens is 6. The van der Waals surface area contributed by atoms with Crippen LogP contribution in [0.15, 0.2) is 12.1 Å². The number of carbonyl (C=O) groups is 1. The second-order valence-corrected chi connectivity index (χ2v) is 9.38. The molecule has 0 amide bonds. The molecule has 0 heterocycles. The average molecular weight is 502 g/mol. The first-order valence-corrected chi connectivity index (χ1v) is 10.8. The van der Waals surface area contributed by atoms with Gasteiger partial charge >= 0.3 is 21.6 Å². The molecular weight excluding hydrogens is 482 g/mol. The summed E-state index contributed by atoms with van der Waals surface area (Å²) in [6.45, 7) is 6.45. The molecule has 0 saturated carbocycles. The van der Waals surface area contributed by atoms with Gasteiger partial charge in [0.1, 0.15) is 17.5 Å². The third-order valence-electron chi connectivity index (χ3n) is 4.21. The van der Waals surface area contributed by atoms with Crippen LogP contribution in [0.3, 0.4) is 0 Å². The van der Waals surface area contributed by atoms with Crippen LogP contribution in [-0.2, 0) is 24.4 Å². The molecule has 0 fully saturated rings. The van der Waals surface area contributed by atoms with Crippen LogP contribution < -0.4 is 4.18 Å². The first-order valence-electron chi connectivity index (χ1n) is 9.37. The SMILES string of the molecule is CCOC(=O)C(OC(C)(C)C)c1c(C)c(F)c2c(F)cc(F)cc2c1OS(=O)(=O)C(F)(F)F. The van der Waals surface area contributed by atoms with Crippen LogP contribution in [0.25, 0.3) is 10.8 Å². The zero-order valence-corrected chi connectivity index (χ0v) is 18.9. The summed E-state index contributed by atoms with van der Waals surface area (Å²) < 4.78 is 121. The quantitative estimate of drug-likeness (QED) is 0.234. The molecule has 1 atom stereocenters. The van der Waals surface area contributed by atoms with Crippen LogP contribution in [0.5, 0.6) is 5.75 Å². The Morgan fingerprint density at radius 3 is 2.15 bits per heavy atom. The lowest BCUT2D eigenvalue weighted by Gasteiger charge is -2.29. The van der Waals surface area contributed by atoms with E-state index in [4.69, 9.17) is 9.47 Å². The predicted octanol–water partition coefficient (Wildman–Crippen LogP) is 5.21. The summed E-state index contributed by atoms with van der Waals surface area (Å²) in [5.41, 5.74) is -8.63. The molecule has 0 aliphatic carbocycles. The minimum Gasteiger partial charge on any atom is -0.464 e. The van der Waals surface area contributed by atoms with E-state index in [-0.39, 0.29) is 12.7 Å². The zero-order chi connectivity index (χ0) is 25.5. The van der Waals surface area contributed by atoms with Crippen molar-refractivity contribution in [3.63, 3.8) is 0 Å². The van der Waals surface area contributed by atoms with Gasteiger partial charge in [0, 0.05) is 17.0 Å². The number of carbonyl (C=O) groups excluding carboxylic acids is 1. The summed E-state index contributed by atoms with van der Waals surface area (Å²) >= 11 is 0. The van der Waals surface area contributed by atoms with E-state index in [2.05, 4.69) is 4.18 Å². The molecule has 1 unspecified atom stereocenters. The fourth-order valence-electron chi connectivity index (χ4n) is 2.96. The molecular formula is C20H20F6O6S. The Bertz CT molecular complexity index is 1180. The smallest absolute Gasteiger partial charge is 0.464 e. The van der Waals surface area contributed by atoms with Crippen LogP contribution in [0, 0.1) is 24.4 Å². The van der Waals surface area contributed by atoms with Crippen molar-refractivity contribution in [2.45, 2.75) is 51.8 Å². The maximum atomic E-state index is 15.1.